The topological polar surface area (TPSA) is 95.7 Å². The van der Waals surface area contributed by atoms with Crippen molar-refractivity contribution in [3.05, 3.63) is 24.3 Å². The number of hydrogen-bond donors (Lipinski definition) is 2. The van der Waals surface area contributed by atoms with Crippen LogP contribution in [-0.2, 0) is 14.8 Å². The number of nitrogens with zero attached hydrogens (tertiary/aromatic N) is 2. The Morgan fingerprint density at radius 2 is 2.00 bits per heavy atom. The first-order valence-corrected chi connectivity index (χ1v) is 11.0. The van der Waals surface area contributed by atoms with Crippen LogP contribution in [0.3, 0.4) is 0 Å². The Bertz CT molecular complexity index is 688. The number of hydrogen-bond acceptors (Lipinski definition) is 6. The molecule has 1 saturated heterocycles. The molecule has 0 saturated carbocycles. The zero-order valence-electron chi connectivity index (χ0n) is 14.6. The lowest BCUT2D eigenvalue weighted by Crippen LogP contribution is -2.47. The number of piperazine rings is 1. The number of nitrogens with two attached hydrogens (primary N) is 1. The van der Waals surface area contributed by atoms with E-state index in [-0.39, 0.29) is 10.8 Å². The first kappa shape index (κ1) is 20.2. The number of thioether (sulfide) groups is 1. The third kappa shape index (κ3) is 5.42. The minimum Gasteiger partial charge on any atom is -0.325 e. The Kier molecular flexibility index (Phi) is 7.26. The van der Waals surface area contributed by atoms with Gasteiger partial charge in [0.1, 0.15) is 0 Å². The second-order valence-corrected chi connectivity index (χ2v) is 9.04. The van der Waals surface area contributed by atoms with E-state index in [1.165, 1.54) is 10.4 Å². The second-order valence-electron chi connectivity index (χ2n) is 6.11. The van der Waals surface area contributed by atoms with Crippen molar-refractivity contribution in [1.82, 2.24) is 9.21 Å². The summed E-state index contributed by atoms with van der Waals surface area (Å²) in [6, 6.07) is 5.74. The zero-order chi connectivity index (χ0) is 18.4. The molecular weight excluding hydrogens is 360 g/mol. The number of carbonyl (C=O) groups is 1. The van der Waals surface area contributed by atoms with E-state index in [0.29, 0.717) is 38.3 Å². The molecule has 1 amide bonds. The van der Waals surface area contributed by atoms with Crippen LogP contribution in [0.25, 0.3) is 0 Å². The Balaban J connectivity index is 2.09. The predicted octanol–water partition coefficient (Wildman–Crippen LogP) is 0.642. The normalized spacial score (nSPS) is 18.0. The zero-order valence-corrected chi connectivity index (χ0v) is 16.3. The van der Waals surface area contributed by atoms with E-state index < -0.39 is 16.1 Å². The molecule has 9 heteroatoms. The van der Waals surface area contributed by atoms with Gasteiger partial charge in [-0.3, -0.25) is 4.79 Å². The largest absolute Gasteiger partial charge is 0.325 e. The highest BCUT2D eigenvalue weighted by atomic mass is 32.2. The van der Waals surface area contributed by atoms with Gasteiger partial charge in [0.05, 0.1) is 10.9 Å². The molecule has 1 aromatic carbocycles. The van der Waals surface area contributed by atoms with E-state index in [9.17, 15) is 13.2 Å². The van der Waals surface area contributed by atoms with E-state index in [0.717, 1.165) is 5.75 Å². The molecule has 1 aliphatic heterocycles. The lowest BCUT2D eigenvalue weighted by molar-refractivity contribution is -0.117. The molecule has 1 fully saturated rings. The fraction of sp³-hybridized carbons (Fsp3) is 0.562. The third-order valence-corrected chi connectivity index (χ3v) is 6.71. The standard InChI is InChI=1S/C16H26N4O3S2/c1-19-7-9-20(10-8-19)25(22,23)14-5-3-4-13(12-14)18-16(21)15(17)6-11-24-2/h3-5,12,15H,6-11,17H2,1-2H3,(H,18,21)/t15-/m0/s1. The number of likely N-dealkylation sites (N-methyl/N-ethyl adjacent to an activating group) is 1. The maximum absolute atomic E-state index is 12.8. The van der Waals surface area contributed by atoms with Crippen LogP contribution in [0.15, 0.2) is 29.2 Å². The summed E-state index contributed by atoms with van der Waals surface area (Å²) in [7, 11) is -1.58. The molecule has 0 radical (unpaired) electrons. The summed E-state index contributed by atoms with van der Waals surface area (Å²) >= 11 is 1.63. The molecule has 1 aromatic rings. The van der Waals surface area contributed by atoms with E-state index >= 15 is 0 Å². The van der Waals surface area contributed by atoms with Crippen LogP contribution in [0.5, 0.6) is 0 Å². The average Bonchev–Trinajstić information content (AvgIpc) is 2.60. The molecule has 0 unspecified atom stereocenters. The van der Waals surface area contributed by atoms with Gasteiger partial charge < -0.3 is 16.0 Å². The summed E-state index contributed by atoms with van der Waals surface area (Å²) in [5.41, 5.74) is 6.29. The third-order valence-electron chi connectivity index (χ3n) is 4.17. The summed E-state index contributed by atoms with van der Waals surface area (Å²) in [6.45, 7) is 2.35. The second kappa shape index (κ2) is 9.00. The predicted molar refractivity (Wildman–Crippen MR) is 102 cm³/mol. The Hall–Kier alpha value is -1.13. The van der Waals surface area contributed by atoms with Gasteiger partial charge in [-0.2, -0.15) is 16.1 Å². The Labute approximate surface area is 154 Å². The maximum atomic E-state index is 12.8. The highest BCUT2D eigenvalue weighted by Gasteiger charge is 2.27. The van der Waals surface area contributed by atoms with Crippen molar-refractivity contribution in [2.45, 2.75) is 17.4 Å². The quantitative estimate of drug-likeness (QED) is 0.714. The fourth-order valence-electron chi connectivity index (χ4n) is 2.52. The number of anilines is 1. The van der Waals surface area contributed by atoms with Crippen molar-refractivity contribution in [1.29, 1.82) is 0 Å². The fourth-order valence-corrected chi connectivity index (χ4v) is 4.48. The molecule has 140 valence electrons. The highest BCUT2D eigenvalue weighted by molar-refractivity contribution is 7.98. The van der Waals surface area contributed by atoms with Crippen LogP contribution in [-0.4, -0.2) is 74.8 Å². The van der Waals surface area contributed by atoms with E-state index in [1.54, 1.807) is 30.0 Å². The molecule has 7 nitrogen and oxygen atoms in total. The Morgan fingerprint density at radius 3 is 2.64 bits per heavy atom. The molecule has 1 heterocycles. The number of rotatable bonds is 7. The molecule has 1 aliphatic rings. The average molecular weight is 387 g/mol. The van der Waals surface area contributed by atoms with Gasteiger partial charge in [-0.05, 0) is 43.7 Å². The molecule has 0 bridgehead atoms. The lowest BCUT2D eigenvalue weighted by Gasteiger charge is -2.31. The van der Waals surface area contributed by atoms with E-state index in [1.807, 2.05) is 13.3 Å². The van der Waals surface area contributed by atoms with Crippen molar-refractivity contribution in [3.8, 4) is 0 Å². The molecule has 0 aliphatic carbocycles. The van der Waals surface area contributed by atoms with Crippen LogP contribution >= 0.6 is 11.8 Å². The van der Waals surface area contributed by atoms with Gasteiger partial charge >= 0.3 is 0 Å². The summed E-state index contributed by atoms with van der Waals surface area (Å²) in [5.74, 6) is 0.495. The van der Waals surface area contributed by atoms with Crippen molar-refractivity contribution in [3.63, 3.8) is 0 Å². The molecule has 0 spiro atoms. The van der Waals surface area contributed by atoms with Crippen molar-refractivity contribution < 1.29 is 13.2 Å². The maximum Gasteiger partial charge on any atom is 0.243 e. The van der Waals surface area contributed by atoms with E-state index in [2.05, 4.69) is 10.2 Å². The van der Waals surface area contributed by atoms with Crippen molar-refractivity contribution >= 4 is 33.4 Å². The lowest BCUT2D eigenvalue weighted by atomic mass is 10.2. The number of carbonyl (C=O) groups excluding carboxylic acids is 1. The monoisotopic (exact) mass is 386 g/mol. The van der Waals surface area contributed by atoms with Gasteiger partial charge in [0.25, 0.3) is 0 Å². The number of benzene rings is 1. The van der Waals surface area contributed by atoms with Gasteiger partial charge in [0.2, 0.25) is 15.9 Å². The van der Waals surface area contributed by atoms with Gasteiger partial charge in [-0.1, -0.05) is 6.07 Å². The molecule has 25 heavy (non-hydrogen) atoms. The first-order chi connectivity index (χ1) is 11.8. The Morgan fingerprint density at radius 1 is 1.32 bits per heavy atom. The number of amides is 1. The van der Waals surface area contributed by atoms with E-state index in [4.69, 9.17) is 5.73 Å². The minimum absolute atomic E-state index is 0.188. The number of nitrogens with one attached hydrogen (secondary N) is 1. The van der Waals surface area contributed by atoms with Crippen LogP contribution < -0.4 is 11.1 Å². The molecule has 1 atom stereocenters. The summed E-state index contributed by atoms with van der Waals surface area (Å²) in [5, 5.41) is 2.71. The first-order valence-electron chi connectivity index (χ1n) is 8.18. The minimum atomic E-state index is -3.56. The highest BCUT2D eigenvalue weighted by Crippen LogP contribution is 2.21. The van der Waals surface area contributed by atoms with Gasteiger partial charge in [-0.25, -0.2) is 8.42 Å². The SMILES string of the molecule is CSCC[C@H](N)C(=O)Nc1cccc(S(=O)(=O)N2CCN(C)CC2)c1. The summed E-state index contributed by atoms with van der Waals surface area (Å²) in [6.07, 6.45) is 2.53. The van der Waals surface area contributed by atoms with Gasteiger partial charge in [0.15, 0.2) is 0 Å². The van der Waals surface area contributed by atoms with Gasteiger partial charge in [-0.15, -0.1) is 0 Å². The smallest absolute Gasteiger partial charge is 0.243 e. The van der Waals surface area contributed by atoms with Crippen molar-refractivity contribution in [2.75, 3.05) is 50.6 Å². The number of sulfonamides is 1. The molecule has 0 aromatic heterocycles. The molecular formula is C16H26N4O3S2. The van der Waals surface area contributed by atoms with Gasteiger partial charge in [0, 0.05) is 31.9 Å². The molecule has 2 rings (SSSR count). The summed E-state index contributed by atoms with van der Waals surface area (Å²) in [4.78, 5) is 14.4. The van der Waals surface area contributed by atoms with Crippen LogP contribution in [0.1, 0.15) is 6.42 Å². The van der Waals surface area contributed by atoms with Crippen LogP contribution in [0, 0.1) is 0 Å². The van der Waals surface area contributed by atoms with Crippen LogP contribution in [0.4, 0.5) is 5.69 Å². The summed E-state index contributed by atoms with van der Waals surface area (Å²) < 4.78 is 27.0. The van der Waals surface area contributed by atoms with Crippen LogP contribution in [0.2, 0.25) is 0 Å². The van der Waals surface area contributed by atoms with Crippen molar-refractivity contribution in [2.24, 2.45) is 5.73 Å². The molecule has 3 N–H and O–H groups in total.